The van der Waals surface area contributed by atoms with Crippen LogP contribution in [0.2, 0.25) is 0 Å². The molecule has 6 heteroatoms. The zero-order chi connectivity index (χ0) is 13.1. The van der Waals surface area contributed by atoms with E-state index in [2.05, 4.69) is 20.1 Å². The van der Waals surface area contributed by atoms with Gasteiger partial charge in [-0.2, -0.15) is 16.9 Å². The second kappa shape index (κ2) is 5.52. The van der Waals surface area contributed by atoms with Crippen molar-refractivity contribution in [3.8, 4) is 11.3 Å². The maximum absolute atomic E-state index is 13.2. The van der Waals surface area contributed by atoms with Crippen molar-refractivity contribution < 1.29 is 4.39 Å². The average Bonchev–Trinajstić information content (AvgIpc) is 2.48. The molecule has 3 rings (SSSR count). The van der Waals surface area contributed by atoms with Crippen LogP contribution in [0.1, 0.15) is 0 Å². The molecule has 2 aromatic rings. The Hall–Kier alpha value is -1.69. The summed E-state index contributed by atoms with van der Waals surface area (Å²) in [5.74, 6) is 2.51. The fourth-order valence-electron chi connectivity index (χ4n) is 1.98. The van der Waals surface area contributed by atoms with Crippen LogP contribution >= 0.6 is 11.8 Å². The Morgan fingerprint density at radius 2 is 2.05 bits per heavy atom. The maximum atomic E-state index is 13.2. The molecule has 1 saturated heterocycles. The van der Waals surface area contributed by atoms with Crippen LogP contribution in [0.15, 0.2) is 30.5 Å². The SMILES string of the molecule is Fc1cccc(-c2cnnc(N3CCSCC3)n2)c1. The van der Waals surface area contributed by atoms with Crippen molar-refractivity contribution in [3.05, 3.63) is 36.3 Å². The summed E-state index contributed by atoms with van der Waals surface area (Å²) < 4.78 is 13.2. The average molecular weight is 276 g/mol. The third kappa shape index (κ3) is 2.84. The van der Waals surface area contributed by atoms with Crippen molar-refractivity contribution >= 4 is 17.7 Å². The van der Waals surface area contributed by atoms with Crippen molar-refractivity contribution in [1.82, 2.24) is 15.2 Å². The molecule has 4 nitrogen and oxygen atoms in total. The van der Waals surface area contributed by atoms with E-state index in [1.54, 1.807) is 12.3 Å². The number of rotatable bonds is 2. The molecule has 0 N–H and O–H groups in total. The lowest BCUT2D eigenvalue weighted by atomic mass is 10.2. The van der Waals surface area contributed by atoms with Gasteiger partial charge in [0.2, 0.25) is 5.95 Å². The standard InChI is InChI=1S/C13H13FN4S/c14-11-3-1-2-10(8-11)12-9-15-17-13(16-12)18-4-6-19-7-5-18/h1-3,8-9H,4-7H2. The van der Waals surface area contributed by atoms with Gasteiger partial charge in [-0.15, -0.1) is 5.10 Å². The Morgan fingerprint density at radius 1 is 1.21 bits per heavy atom. The van der Waals surface area contributed by atoms with Gasteiger partial charge in [0.15, 0.2) is 0 Å². The lowest BCUT2D eigenvalue weighted by Crippen LogP contribution is -2.34. The highest BCUT2D eigenvalue weighted by molar-refractivity contribution is 7.99. The van der Waals surface area contributed by atoms with E-state index in [1.165, 1.54) is 12.1 Å². The Bertz CT molecular complexity index is 572. The van der Waals surface area contributed by atoms with Crippen LogP contribution in [-0.4, -0.2) is 39.8 Å². The molecule has 1 aliphatic heterocycles. The molecule has 0 aliphatic carbocycles. The van der Waals surface area contributed by atoms with Gasteiger partial charge in [-0.3, -0.25) is 0 Å². The molecule has 98 valence electrons. The van der Waals surface area contributed by atoms with E-state index in [9.17, 15) is 4.39 Å². The Balaban J connectivity index is 1.91. The maximum Gasteiger partial charge on any atom is 0.245 e. The first-order valence-corrected chi connectivity index (χ1v) is 7.27. The summed E-state index contributed by atoms with van der Waals surface area (Å²) in [6.45, 7) is 1.86. The second-order valence-electron chi connectivity index (χ2n) is 4.25. The zero-order valence-electron chi connectivity index (χ0n) is 10.3. The molecule has 1 aliphatic rings. The number of halogens is 1. The normalized spacial score (nSPS) is 15.5. The van der Waals surface area contributed by atoms with E-state index in [4.69, 9.17) is 0 Å². The fourth-order valence-corrected chi connectivity index (χ4v) is 2.88. The van der Waals surface area contributed by atoms with E-state index >= 15 is 0 Å². The van der Waals surface area contributed by atoms with Gasteiger partial charge >= 0.3 is 0 Å². The van der Waals surface area contributed by atoms with E-state index in [1.807, 2.05) is 17.8 Å². The van der Waals surface area contributed by atoms with Crippen LogP contribution < -0.4 is 4.90 Å². The van der Waals surface area contributed by atoms with Crippen LogP contribution in [0, 0.1) is 5.82 Å². The second-order valence-corrected chi connectivity index (χ2v) is 5.48. The van der Waals surface area contributed by atoms with Gasteiger partial charge < -0.3 is 4.90 Å². The minimum atomic E-state index is -0.271. The van der Waals surface area contributed by atoms with Gasteiger partial charge in [0, 0.05) is 30.2 Å². The van der Waals surface area contributed by atoms with Crippen LogP contribution in [0.3, 0.4) is 0 Å². The van der Waals surface area contributed by atoms with Gasteiger partial charge in [0.1, 0.15) is 5.82 Å². The number of anilines is 1. The Morgan fingerprint density at radius 3 is 2.84 bits per heavy atom. The van der Waals surface area contributed by atoms with Gasteiger partial charge in [0.05, 0.1) is 11.9 Å². The predicted octanol–water partition coefficient (Wildman–Crippen LogP) is 2.23. The first-order valence-electron chi connectivity index (χ1n) is 6.11. The predicted molar refractivity (Wildman–Crippen MR) is 74.8 cm³/mol. The highest BCUT2D eigenvalue weighted by Gasteiger charge is 2.15. The van der Waals surface area contributed by atoms with Crippen LogP contribution in [-0.2, 0) is 0 Å². The number of hydrogen-bond donors (Lipinski definition) is 0. The largest absolute Gasteiger partial charge is 0.338 e. The lowest BCUT2D eigenvalue weighted by molar-refractivity contribution is 0.628. The number of hydrogen-bond acceptors (Lipinski definition) is 5. The third-order valence-electron chi connectivity index (χ3n) is 2.96. The van der Waals surface area contributed by atoms with Crippen molar-refractivity contribution in [2.75, 3.05) is 29.5 Å². The molecule has 0 atom stereocenters. The molecule has 19 heavy (non-hydrogen) atoms. The molecule has 0 spiro atoms. The number of benzene rings is 1. The van der Waals surface area contributed by atoms with Crippen molar-refractivity contribution in [2.24, 2.45) is 0 Å². The first kappa shape index (κ1) is 12.3. The third-order valence-corrected chi connectivity index (χ3v) is 3.90. The number of thioether (sulfide) groups is 1. The van der Waals surface area contributed by atoms with Crippen LogP contribution in [0.25, 0.3) is 11.3 Å². The molecular weight excluding hydrogens is 263 g/mol. The summed E-state index contributed by atoms with van der Waals surface area (Å²) in [6, 6.07) is 6.37. The van der Waals surface area contributed by atoms with Crippen molar-refractivity contribution in [1.29, 1.82) is 0 Å². The zero-order valence-corrected chi connectivity index (χ0v) is 11.1. The Labute approximate surface area is 115 Å². The molecule has 1 fully saturated rings. The minimum Gasteiger partial charge on any atom is -0.338 e. The summed E-state index contributed by atoms with van der Waals surface area (Å²) in [5.41, 5.74) is 1.38. The topological polar surface area (TPSA) is 41.9 Å². The highest BCUT2D eigenvalue weighted by atomic mass is 32.2. The summed E-state index contributed by atoms with van der Waals surface area (Å²) >= 11 is 1.93. The van der Waals surface area contributed by atoms with E-state index in [0.29, 0.717) is 11.6 Å². The fraction of sp³-hybridized carbons (Fsp3) is 0.308. The Kier molecular flexibility index (Phi) is 3.59. The molecule has 0 saturated carbocycles. The van der Waals surface area contributed by atoms with Crippen molar-refractivity contribution in [2.45, 2.75) is 0 Å². The quantitative estimate of drug-likeness (QED) is 0.841. The monoisotopic (exact) mass is 276 g/mol. The van der Waals surface area contributed by atoms with Crippen molar-refractivity contribution in [3.63, 3.8) is 0 Å². The van der Waals surface area contributed by atoms with Crippen LogP contribution in [0.5, 0.6) is 0 Å². The van der Waals surface area contributed by atoms with Crippen LogP contribution in [0.4, 0.5) is 10.3 Å². The van der Waals surface area contributed by atoms with E-state index in [-0.39, 0.29) is 5.82 Å². The van der Waals surface area contributed by atoms with E-state index < -0.39 is 0 Å². The first-order chi connectivity index (χ1) is 9.33. The molecule has 1 aromatic heterocycles. The molecular formula is C13H13FN4S. The molecule has 0 radical (unpaired) electrons. The lowest BCUT2D eigenvalue weighted by Gasteiger charge is -2.25. The minimum absolute atomic E-state index is 0.271. The summed E-state index contributed by atoms with van der Waals surface area (Å²) in [7, 11) is 0. The molecule has 2 heterocycles. The van der Waals surface area contributed by atoms with Gasteiger partial charge in [-0.25, -0.2) is 9.37 Å². The summed E-state index contributed by atoms with van der Waals surface area (Å²) in [5, 5.41) is 8.06. The highest BCUT2D eigenvalue weighted by Crippen LogP contribution is 2.20. The molecule has 0 amide bonds. The van der Waals surface area contributed by atoms with E-state index in [0.717, 1.165) is 30.2 Å². The van der Waals surface area contributed by atoms with Gasteiger partial charge in [0.25, 0.3) is 0 Å². The van der Waals surface area contributed by atoms with Gasteiger partial charge in [-0.05, 0) is 12.1 Å². The summed E-state index contributed by atoms with van der Waals surface area (Å²) in [6.07, 6.45) is 1.57. The molecule has 1 aromatic carbocycles. The number of nitrogens with zero attached hydrogens (tertiary/aromatic N) is 4. The number of aromatic nitrogens is 3. The summed E-state index contributed by atoms with van der Waals surface area (Å²) in [4.78, 5) is 6.60. The smallest absolute Gasteiger partial charge is 0.245 e. The molecule has 0 unspecified atom stereocenters. The van der Waals surface area contributed by atoms with Gasteiger partial charge in [-0.1, -0.05) is 12.1 Å². The molecule has 0 bridgehead atoms.